The van der Waals surface area contributed by atoms with Gasteiger partial charge in [0, 0.05) is 7.05 Å². The highest BCUT2D eigenvalue weighted by Crippen LogP contribution is 2.39. The Morgan fingerprint density at radius 2 is 1.86 bits per heavy atom. The van der Waals surface area contributed by atoms with Crippen LogP contribution in [0.3, 0.4) is 0 Å². The SMILES string of the molecule is COc1ccc([C@H]2NC(=O)N(C)C3=C2C(=O)N([C@H](C(=O)NCc2ccco2)c2ccccc2)C3)cc1. The Morgan fingerprint density at radius 3 is 2.53 bits per heavy atom. The number of nitrogens with one attached hydrogen (secondary N) is 2. The summed E-state index contributed by atoms with van der Waals surface area (Å²) in [4.78, 5) is 43.1. The van der Waals surface area contributed by atoms with Crippen molar-refractivity contribution in [2.45, 2.75) is 18.6 Å². The van der Waals surface area contributed by atoms with Crippen LogP contribution in [0.5, 0.6) is 5.75 Å². The first-order valence-corrected chi connectivity index (χ1v) is 11.5. The average Bonchev–Trinajstić information content (AvgIpc) is 3.54. The van der Waals surface area contributed by atoms with Gasteiger partial charge in [0.2, 0.25) is 5.91 Å². The molecule has 3 heterocycles. The summed E-state index contributed by atoms with van der Waals surface area (Å²) in [5.41, 5.74) is 2.44. The van der Waals surface area contributed by atoms with Crippen molar-refractivity contribution in [2.24, 2.45) is 0 Å². The van der Waals surface area contributed by atoms with Crippen LogP contribution in [0.15, 0.2) is 88.7 Å². The molecule has 0 spiro atoms. The number of carbonyl (C=O) groups is 3. The molecule has 1 aromatic heterocycles. The fourth-order valence-corrected chi connectivity index (χ4v) is 4.64. The molecule has 36 heavy (non-hydrogen) atoms. The largest absolute Gasteiger partial charge is 0.497 e. The zero-order valence-electron chi connectivity index (χ0n) is 19.9. The summed E-state index contributed by atoms with van der Waals surface area (Å²) in [6, 6.07) is 18.0. The molecule has 2 N–H and O–H groups in total. The zero-order valence-corrected chi connectivity index (χ0v) is 19.9. The molecule has 184 valence electrons. The molecule has 2 aliphatic rings. The van der Waals surface area contributed by atoms with Gasteiger partial charge < -0.3 is 24.7 Å². The standard InChI is InChI=1S/C27H26N4O5/c1-30-21-16-31(24(18-7-4-3-5-8-18)25(32)28-15-20-9-6-14-36-20)26(33)22(21)23(29-27(30)34)17-10-12-19(35-2)13-11-17/h3-14,23-24H,15-16H2,1-2H3,(H,28,32)(H,29,34)/t23-,24+/m1/s1. The van der Waals surface area contributed by atoms with Gasteiger partial charge >= 0.3 is 6.03 Å². The van der Waals surface area contributed by atoms with Crippen LogP contribution in [-0.2, 0) is 16.1 Å². The molecule has 2 aromatic carbocycles. The highest BCUT2D eigenvalue weighted by molar-refractivity contribution is 6.03. The minimum Gasteiger partial charge on any atom is -0.497 e. The summed E-state index contributed by atoms with van der Waals surface area (Å²) in [6.45, 7) is 0.317. The number of hydrogen-bond acceptors (Lipinski definition) is 5. The number of ether oxygens (including phenoxy) is 1. The van der Waals surface area contributed by atoms with Gasteiger partial charge in [-0.1, -0.05) is 42.5 Å². The number of hydrogen-bond donors (Lipinski definition) is 2. The van der Waals surface area contributed by atoms with Crippen molar-refractivity contribution >= 4 is 17.8 Å². The molecule has 0 fully saturated rings. The van der Waals surface area contributed by atoms with E-state index in [-0.39, 0.29) is 30.9 Å². The van der Waals surface area contributed by atoms with Crippen LogP contribution in [0.2, 0.25) is 0 Å². The molecule has 2 atom stereocenters. The van der Waals surface area contributed by atoms with Crippen LogP contribution >= 0.6 is 0 Å². The highest BCUT2D eigenvalue weighted by atomic mass is 16.5. The number of furan rings is 1. The first-order valence-electron chi connectivity index (χ1n) is 11.5. The van der Waals surface area contributed by atoms with Crippen molar-refractivity contribution in [2.75, 3.05) is 20.7 Å². The van der Waals surface area contributed by atoms with Gasteiger partial charge in [-0.2, -0.15) is 0 Å². The van der Waals surface area contributed by atoms with Gasteiger partial charge in [0.1, 0.15) is 17.6 Å². The number of carbonyl (C=O) groups excluding carboxylic acids is 3. The topological polar surface area (TPSA) is 104 Å². The molecule has 0 aliphatic carbocycles. The predicted octanol–water partition coefficient (Wildman–Crippen LogP) is 3.14. The third-order valence-electron chi connectivity index (χ3n) is 6.53. The smallest absolute Gasteiger partial charge is 0.322 e. The molecular formula is C27H26N4O5. The van der Waals surface area contributed by atoms with Crippen LogP contribution in [0, 0.1) is 0 Å². The number of benzene rings is 2. The van der Waals surface area contributed by atoms with E-state index in [0.29, 0.717) is 28.3 Å². The highest BCUT2D eigenvalue weighted by Gasteiger charge is 2.46. The van der Waals surface area contributed by atoms with Gasteiger partial charge in [-0.3, -0.25) is 14.5 Å². The van der Waals surface area contributed by atoms with Gasteiger partial charge in [-0.05, 0) is 35.4 Å². The Bertz CT molecular complexity index is 1300. The van der Waals surface area contributed by atoms with Crippen molar-refractivity contribution in [3.8, 4) is 5.75 Å². The summed E-state index contributed by atoms with van der Waals surface area (Å²) in [5.74, 6) is 0.631. The lowest BCUT2D eigenvalue weighted by atomic mass is 9.95. The summed E-state index contributed by atoms with van der Waals surface area (Å²) >= 11 is 0. The van der Waals surface area contributed by atoms with Gasteiger partial charge in [-0.15, -0.1) is 0 Å². The summed E-state index contributed by atoms with van der Waals surface area (Å²) in [5, 5.41) is 5.80. The van der Waals surface area contributed by atoms with Crippen molar-refractivity contribution in [3.05, 3.63) is 101 Å². The molecule has 0 saturated heterocycles. The van der Waals surface area contributed by atoms with E-state index in [1.165, 1.54) is 16.1 Å². The van der Waals surface area contributed by atoms with Gasteiger partial charge in [0.25, 0.3) is 5.91 Å². The van der Waals surface area contributed by atoms with Crippen molar-refractivity contribution in [3.63, 3.8) is 0 Å². The third kappa shape index (κ3) is 4.19. The Labute approximate surface area is 208 Å². The van der Waals surface area contributed by atoms with Crippen molar-refractivity contribution in [1.29, 1.82) is 0 Å². The van der Waals surface area contributed by atoms with Crippen molar-refractivity contribution < 1.29 is 23.5 Å². The van der Waals surface area contributed by atoms with E-state index in [2.05, 4.69) is 10.6 Å². The Morgan fingerprint density at radius 1 is 1.11 bits per heavy atom. The molecule has 4 amide bonds. The van der Waals surface area contributed by atoms with Crippen LogP contribution in [0.1, 0.15) is 29.0 Å². The van der Waals surface area contributed by atoms with Crippen LogP contribution in [0.4, 0.5) is 4.79 Å². The Kier molecular flexibility index (Phi) is 6.20. The molecule has 0 unspecified atom stereocenters. The molecule has 5 rings (SSSR count). The van der Waals surface area contributed by atoms with Crippen LogP contribution in [0.25, 0.3) is 0 Å². The van der Waals surface area contributed by atoms with Gasteiger partial charge in [0.05, 0.1) is 43.8 Å². The molecule has 0 bridgehead atoms. The minimum atomic E-state index is -0.890. The molecular weight excluding hydrogens is 460 g/mol. The number of rotatable bonds is 7. The summed E-state index contributed by atoms with van der Waals surface area (Å²) in [7, 11) is 3.20. The first kappa shape index (κ1) is 23.2. The van der Waals surface area contributed by atoms with Crippen LogP contribution in [-0.4, -0.2) is 48.3 Å². The number of methoxy groups -OCH3 is 1. The van der Waals surface area contributed by atoms with Gasteiger partial charge in [-0.25, -0.2) is 4.79 Å². The van der Waals surface area contributed by atoms with E-state index in [1.54, 1.807) is 38.4 Å². The molecule has 3 aromatic rings. The Balaban J connectivity index is 1.48. The molecule has 0 radical (unpaired) electrons. The molecule has 0 saturated carbocycles. The van der Waals surface area contributed by atoms with Crippen molar-refractivity contribution in [1.82, 2.24) is 20.4 Å². The maximum absolute atomic E-state index is 13.9. The monoisotopic (exact) mass is 486 g/mol. The number of urea groups is 1. The zero-order chi connectivity index (χ0) is 25.2. The van der Waals surface area contributed by atoms with E-state index >= 15 is 0 Å². The number of nitrogens with zero attached hydrogens (tertiary/aromatic N) is 2. The van der Waals surface area contributed by atoms with E-state index < -0.39 is 12.1 Å². The lowest BCUT2D eigenvalue weighted by Crippen LogP contribution is -2.45. The second kappa shape index (κ2) is 9.61. The number of amides is 4. The second-order valence-corrected chi connectivity index (χ2v) is 8.62. The maximum atomic E-state index is 13.9. The Hall–Kier alpha value is -4.53. The average molecular weight is 487 g/mol. The fourth-order valence-electron chi connectivity index (χ4n) is 4.64. The fraction of sp³-hybridized carbons (Fsp3) is 0.222. The van der Waals surface area contributed by atoms with E-state index in [0.717, 1.165) is 5.56 Å². The molecule has 9 heteroatoms. The quantitative estimate of drug-likeness (QED) is 0.534. The van der Waals surface area contributed by atoms with E-state index in [4.69, 9.17) is 9.15 Å². The second-order valence-electron chi connectivity index (χ2n) is 8.62. The molecule has 2 aliphatic heterocycles. The first-order chi connectivity index (χ1) is 17.5. The molecule has 9 nitrogen and oxygen atoms in total. The lowest BCUT2D eigenvalue weighted by Gasteiger charge is -2.31. The predicted molar refractivity (Wildman–Crippen MR) is 131 cm³/mol. The third-order valence-corrected chi connectivity index (χ3v) is 6.53. The van der Waals surface area contributed by atoms with Gasteiger partial charge in [0.15, 0.2) is 0 Å². The van der Waals surface area contributed by atoms with E-state index in [9.17, 15) is 14.4 Å². The summed E-state index contributed by atoms with van der Waals surface area (Å²) in [6.07, 6.45) is 1.54. The lowest BCUT2D eigenvalue weighted by molar-refractivity contribution is -0.136. The number of likely N-dealkylation sites (N-methyl/N-ethyl adjacent to an activating group) is 1. The minimum absolute atomic E-state index is 0.123. The summed E-state index contributed by atoms with van der Waals surface area (Å²) < 4.78 is 10.6. The van der Waals surface area contributed by atoms with E-state index in [1.807, 2.05) is 42.5 Å². The maximum Gasteiger partial charge on any atom is 0.322 e. The van der Waals surface area contributed by atoms with Crippen LogP contribution < -0.4 is 15.4 Å². The normalized spacial score (nSPS) is 18.1.